The van der Waals surface area contributed by atoms with Gasteiger partial charge in [-0.15, -0.1) is 0 Å². The van der Waals surface area contributed by atoms with E-state index >= 15 is 0 Å². The Labute approximate surface area is 131 Å². The fourth-order valence-electron chi connectivity index (χ4n) is 3.77. The molecule has 21 heavy (non-hydrogen) atoms. The number of carbonyl (C=O) groups is 1. The maximum Gasteiger partial charge on any atom is 0.220 e. The lowest BCUT2D eigenvalue weighted by molar-refractivity contribution is -0.123. The molecule has 1 rings (SSSR count). The van der Waals surface area contributed by atoms with Crippen LogP contribution in [0.4, 0.5) is 0 Å². The number of rotatable bonds is 8. The first-order valence-corrected chi connectivity index (χ1v) is 8.97. The quantitative estimate of drug-likeness (QED) is 0.717. The molecule has 0 aromatic rings. The Kier molecular flexibility index (Phi) is 8.31. The third kappa shape index (κ3) is 6.37. The Morgan fingerprint density at radius 3 is 2.57 bits per heavy atom. The highest BCUT2D eigenvalue weighted by atomic mass is 16.1. The van der Waals surface area contributed by atoms with E-state index in [0.29, 0.717) is 30.2 Å². The molecule has 3 nitrogen and oxygen atoms in total. The lowest BCUT2D eigenvalue weighted by Gasteiger charge is -2.37. The van der Waals surface area contributed by atoms with Gasteiger partial charge in [-0.1, -0.05) is 40.5 Å². The highest BCUT2D eigenvalue weighted by Gasteiger charge is 2.31. The summed E-state index contributed by atoms with van der Waals surface area (Å²) in [6.07, 6.45) is 7.52. The second-order valence-electron chi connectivity index (χ2n) is 7.39. The van der Waals surface area contributed by atoms with Crippen LogP contribution in [-0.2, 0) is 4.79 Å². The Hall–Kier alpha value is -0.570. The van der Waals surface area contributed by atoms with Gasteiger partial charge in [0.1, 0.15) is 0 Å². The zero-order valence-electron chi connectivity index (χ0n) is 14.5. The molecule has 1 aliphatic carbocycles. The average molecular weight is 296 g/mol. The topological polar surface area (TPSA) is 55.1 Å². The van der Waals surface area contributed by atoms with Crippen LogP contribution in [0.25, 0.3) is 0 Å². The van der Waals surface area contributed by atoms with Gasteiger partial charge in [0.25, 0.3) is 0 Å². The summed E-state index contributed by atoms with van der Waals surface area (Å²) in [4.78, 5) is 12.3. The monoisotopic (exact) mass is 296 g/mol. The number of nitrogens with one attached hydrogen (secondary N) is 1. The van der Waals surface area contributed by atoms with E-state index in [1.165, 1.54) is 12.8 Å². The number of hydrogen-bond donors (Lipinski definition) is 2. The van der Waals surface area contributed by atoms with Crippen molar-refractivity contribution in [3.05, 3.63) is 0 Å². The Morgan fingerprint density at radius 2 is 2.00 bits per heavy atom. The van der Waals surface area contributed by atoms with Crippen molar-refractivity contribution in [1.29, 1.82) is 0 Å². The summed E-state index contributed by atoms with van der Waals surface area (Å²) in [5.74, 6) is 2.90. The van der Waals surface area contributed by atoms with E-state index in [1.807, 2.05) is 0 Å². The first-order chi connectivity index (χ1) is 9.97. The first-order valence-electron chi connectivity index (χ1n) is 8.97. The van der Waals surface area contributed by atoms with Gasteiger partial charge in [-0.25, -0.2) is 0 Å². The van der Waals surface area contributed by atoms with Crippen molar-refractivity contribution in [2.75, 3.05) is 6.54 Å². The van der Waals surface area contributed by atoms with E-state index in [4.69, 9.17) is 5.73 Å². The standard InChI is InChI=1S/C18H36N2O/c1-5-15(10-11-19)7-9-18(21)20-17-12-14(4)6-8-16(17)13(2)3/h13-17H,5-12,19H2,1-4H3,(H,20,21). The van der Waals surface area contributed by atoms with Crippen molar-refractivity contribution >= 4 is 5.91 Å². The maximum absolute atomic E-state index is 12.3. The minimum atomic E-state index is 0.246. The number of nitrogens with two attached hydrogens (primary N) is 1. The SMILES string of the molecule is CCC(CCN)CCC(=O)NC1CC(C)CCC1C(C)C. The van der Waals surface area contributed by atoms with Gasteiger partial charge < -0.3 is 11.1 Å². The summed E-state index contributed by atoms with van der Waals surface area (Å²) in [5.41, 5.74) is 5.63. The van der Waals surface area contributed by atoms with E-state index in [0.717, 1.165) is 38.1 Å². The molecule has 0 spiro atoms. The van der Waals surface area contributed by atoms with Crippen LogP contribution < -0.4 is 11.1 Å². The van der Waals surface area contributed by atoms with E-state index < -0.39 is 0 Å². The summed E-state index contributed by atoms with van der Waals surface area (Å²) in [7, 11) is 0. The third-order valence-corrected chi connectivity index (χ3v) is 5.30. The molecule has 124 valence electrons. The van der Waals surface area contributed by atoms with Crippen LogP contribution >= 0.6 is 0 Å². The number of amides is 1. The van der Waals surface area contributed by atoms with Crippen LogP contribution in [0, 0.1) is 23.7 Å². The van der Waals surface area contributed by atoms with Gasteiger partial charge in [-0.3, -0.25) is 4.79 Å². The van der Waals surface area contributed by atoms with Gasteiger partial charge >= 0.3 is 0 Å². The van der Waals surface area contributed by atoms with Crippen LogP contribution in [0.2, 0.25) is 0 Å². The minimum absolute atomic E-state index is 0.246. The molecule has 1 amide bonds. The lowest BCUT2D eigenvalue weighted by atomic mass is 9.74. The van der Waals surface area contributed by atoms with Gasteiger partial charge in [0, 0.05) is 12.5 Å². The van der Waals surface area contributed by atoms with Crippen LogP contribution in [0.15, 0.2) is 0 Å². The molecular weight excluding hydrogens is 260 g/mol. The van der Waals surface area contributed by atoms with Crippen molar-refractivity contribution in [1.82, 2.24) is 5.32 Å². The van der Waals surface area contributed by atoms with Crippen LogP contribution in [0.1, 0.15) is 72.6 Å². The fourth-order valence-corrected chi connectivity index (χ4v) is 3.77. The smallest absolute Gasteiger partial charge is 0.220 e. The van der Waals surface area contributed by atoms with E-state index in [-0.39, 0.29) is 5.91 Å². The molecular formula is C18H36N2O. The summed E-state index contributed by atoms with van der Waals surface area (Å²) in [6, 6.07) is 0.385. The number of carbonyl (C=O) groups excluding carboxylic acids is 1. The van der Waals surface area contributed by atoms with E-state index in [2.05, 4.69) is 33.0 Å². The predicted octanol–water partition coefficient (Wildman–Crippen LogP) is 3.72. The molecule has 4 atom stereocenters. The normalized spacial score (nSPS) is 27.6. The minimum Gasteiger partial charge on any atom is -0.353 e. The van der Waals surface area contributed by atoms with Gasteiger partial charge in [-0.05, 0) is 55.9 Å². The summed E-state index contributed by atoms with van der Waals surface area (Å²) in [6.45, 7) is 9.80. The molecule has 0 heterocycles. The van der Waals surface area contributed by atoms with Crippen molar-refractivity contribution < 1.29 is 4.79 Å². The van der Waals surface area contributed by atoms with Crippen molar-refractivity contribution in [3.63, 3.8) is 0 Å². The molecule has 1 fully saturated rings. The van der Waals surface area contributed by atoms with Gasteiger partial charge in [-0.2, -0.15) is 0 Å². The lowest BCUT2D eigenvalue weighted by Crippen LogP contribution is -2.45. The summed E-state index contributed by atoms with van der Waals surface area (Å²) < 4.78 is 0. The second kappa shape index (κ2) is 9.45. The fraction of sp³-hybridized carbons (Fsp3) is 0.944. The Morgan fingerprint density at radius 1 is 1.29 bits per heavy atom. The van der Waals surface area contributed by atoms with Gasteiger partial charge in [0.15, 0.2) is 0 Å². The molecule has 0 saturated heterocycles. The zero-order valence-corrected chi connectivity index (χ0v) is 14.5. The van der Waals surface area contributed by atoms with Crippen LogP contribution in [0.3, 0.4) is 0 Å². The third-order valence-electron chi connectivity index (χ3n) is 5.30. The van der Waals surface area contributed by atoms with Crippen LogP contribution in [0.5, 0.6) is 0 Å². The van der Waals surface area contributed by atoms with E-state index in [9.17, 15) is 4.79 Å². The van der Waals surface area contributed by atoms with E-state index in [1.54, 1.807) is 0 Å². The molecule has 0 bridgehead atoms. The summed E-state index contributed by atoms with van der Waals surface area (Å²) in [5, 5.41) is 3.33. The summed E-state index contributed by atoms with van der Waals surface area (Å²) >= 11 is 0. The van der Waals surface area contributed by atoms with Crippen molar-refractivity contribution in [3.8, 4) is 0 Å². The first kappa shape index (κ1) is 18.5. The molecule has 0 aromatic heterocycles. The number of hydrogen-bond acceptors (Lipinski definition) is 2. The average Bonchev–Trinajstić information content (AvgIpc) is 2.43. The Balaban J connectivity index is 2.43. The Bertz CT molecular complexity index is 304. The molecule has 1 aliphatic rings. The van der Waals surface area contributed by atoms with Crippen molar-refractivity contribution in [2.24, 2.45) is 29.4 Å². The molecule has 0 radical (unpaired) electrons. The molecule has 3 N–H and O–H groups in total. The second-order valence-corrected chi connectivity index (χ2v) is 7.39. The predicted molar refractivity (Wildman–Crippen MR) is 90.0 cm³/mol. The van der Waals surface area contributed by atoms with Crippen molar-refractivity contribution in [2.45, 2.75) is 78.7 Å². The van der Waals surface area contributed by atoms with Crippen LogP contribution in [-0.4, -0.2) is 18.5 Å². The molecule has 0 aromatic carbocycles. The highest BCUT2D eigenvalue weighted by molar-refractivity contribution is 5.76. The highest BCUT2D eigenvalue weighted by Crippen LogP contribution is 2.33. The zero-order chi connectivity index (χ0) is 15.8. The molecule has 4 unspecified atom stereocenters. The molecule has 0 aliphatic heterocycles. The molecule has 3 heteroatoms. The maximum atomic E-state index is 12.3. The largest absolute Gasteiger partial charge is 0.353 e. The molecule has 1 saturated carbocycles. The van der Waals surface area contributed by atoms with Gasteiger partial charge in [0.05, 0.1) is 0 Å². The van der Waals surface area contributed by atoms with Gasteiger partial charge in [0.2, 0.25) is 5.91 Å².